The zero-order valence-corrected chi connectivity index (χ0v) is 10.5. The molecule has 18 heavy (non-hydrogen) atoms. The first-order valence-electron chi connectivity index (χ1n) is 5.43. The number of hydrogen-bond acceptors (Lipinski definition) is 4. The number of methoxy groups -OCH3 is 1. The lowest BCUT2D eigenvalue weighted by atomic mass is 10.1. The van der Waals surface area contributed by atoms with Gasteiger partial charge in [0.1, 0.15) is 5.69 Å². The Kier molecular flexibility index (Phi) is 3.43. The molecule has 1 aromatic carbocycles. The molecular formula is C13H14N2O3. The monoisotopic (exact) mass is 246 g/mol. The quantitative estimate of drug-likeness (QED) is 0.776. The lowest BCUT2D eigenvalue weighted by Gasteiger charge is -2.14. The van der Waals surface area contributed by atoms with Gasteiger partial charge in [0.05, 0.1) is 14.2 Å². The Morgan fingerprint density at radius 3 is 2.67 bits per heavy atom. The summed E-state index contributed by atoms with van der Waals surface area (Å²) in [5, 5.41) is 2.89. The van der Waals surface area contributed by atoms with Crippen molar-refractivity contribution >= 4 is 16.7 Å². The van der Waals surface area contributed by atoms with Crippen molar-refractivity contribution in [1.29, 1.82) is 0 Å². The van der Waals surface area contributed by atoms with Crippen LogP contribution in [-0.4, -0.2) is 37.2 Å². The highest BCUT2D eigenvalue weighted by Gasteiger charge is 2.16. The molecule has 5 heteroatoms. The molecule has 1 amide bonds. The van der Waals surface area contributed by atoms with Crippen LogP contribution >= 0.6 is 0 Å². The maximum Gasteiger partial charge on any atom is 0.295 e. The van der Waals surface area contributed by atoms with Gasteiger partial charge in [-0.2, -0.15) is 0 Å². The van der Waals surface area contributed by atoms with Gasteiger partial charge >= 0.3 is 0 Å². The van der Waals surface area contributed by atoms with Gasteiger partial charge in [-0.25, -0.2) is 10.0 Å². The molecule has 0 N–H and O–H groups in total. The molecule has 2 rings (SSSR count). The third-order valence-corrected chi connectivity index (χ3v) is 2.68. The molecule has 0 aliphatic rings. The van der Waals surface area contributed by atoms with Crippen molar-refractivity contribution in [2.45, 2.75) is 0 Å². The second kappa shape index (κ2) is 5.01. The number of ether oxygens (including phenoxy) is 1. The summed E-state index contributed by atoms with van der Waals surface area (Å²) in [6.07, 6.45) is 0. The summed E-state index contributed by atoms with van der Waals surface area (Å²) in [4.78, 5) is 21.0. The first-order chi connectivity index (χ1) is 8.67. The molecule has 0 spiro atoms. The lowest BCUT2D eigenvalue weighted by Crippen LogP contribution is -2.26. The topological polar surface area (TPSA) is 51.7 Å². The van der Waals surface area contributed by atoms with Crippen molar-refractivity contribution < 1.29 is 14.4 Å². The molecule has 0 aliphatic heterocycles. The van der Waals surface area contributed by atoms with Gasteiger partial charge in [0, 0.05) is 12.4 Å². The molecule has 1 heterocycles. The number of carbonyl (C=O) groups excluding carboxylic acids is 1. The predicted molar refractivity (Wildman–Crippen MR) is 67.4 cm³/mol. The summed E-state index contributed by atoms with van der Waals surface area (Å²) in [5.41, 5.74) is 0.287. The van der Waals surface area contributed by atoms with Gasteiger partial charge in [-0.05, 0) is 17.5 Å². The van der Waals surface area contributed by atoms with Crippen LogP contribution < -0.4 is 4.74 Å². The normalized spacial score (nSPS) is 10.4. The van der Waals surface area contributed by atoms with E-state index in [4.69, 9.17) is 9.57 Å². The van der Waals surface area contributed by atoms with E-state index in [0.29, 0.717) is 5.88 Å². The molecule has 0 saturated carbocycles. The van der Waals surface area contributed by atoms with Crippen LogP contribution in [0.2, 0.25) is 0 Å². The Balaban J connectivity index is 2.57. The van der Waals surface area contributed by atoms with Gasteiger partial charge in [-0.15, -0.1) is 0 Å². The zero-order valence-electron chi connectivity index (χ0n) is 10.5. The summed E-state index contributed by atoms with van der Waals surface area (Å²) >= 11 is 0. The first-order valence-corrected chi connectivity index (χ1v) is 5.43. The van der Waals surface area contributed by atoms with E-state index in [1.54, 1.807) is 6.07 Å². The van der Waals surface area contributed by atoms with Crippen molar-refractivity contribution in [1.82, 2.24) is 10.0 Å². The molecule has 1 aromatic heterocycles. The van der Waals surface area contributed by atoms with Gasteiger partial charge in [-0.3, -0.25) is 9.63 Å². The Hall–Kier alpha value is -2.14. The van der Waals surface area contributed by atoms with E-state index >= 15 is 0 Å². The van der Waals surface area contributed by atoms with E-state index in [1.165, 1.54) is 21.3 Å². The first kappa shape index (κ1) is 12.3. The summed E-state index contributed by atoms with van der Waals surface area (Å²) in [7, 11) is 4.49. The maximum absolute atomic E-state index is 12.0. The van der Waals surface area contributed by atoms with Gasteiger partial charge in [0.15, 0.2) is 0 Å². The van der Waals surface area contributed by atoms with Crippen molar-refractivity contribution in [3.8, 4) is 5.88 Å². The largest absolute Gasteiger partial charge is 0.481 e. The van der Waals surface area contributed by atoms with Gasteiger partial charge < -0.3 is 4.74 Å². The van der Waals surface area contributed by atoms with Crippen LogP contribution in [0.5, 0.6) is 5.88 Å². The highest BCUT2D eigenvalue weighted by molar-refractivity contribution is 5.97. The van der Waals surface area contributed by atoms with Crippen molar-refractivity contribution in [2.75, 3.05) is 21.3 Å². The minimum absolute atomic E-state index is 0.287. The minimum atomic E-state index is -0.318. The maximum atomic E-state index is 12.0. The second-order valence-electron chi connectivity index (χ2n) is 3.72. The fraction of sp³-hybridized carbons (Fsp3) is 0.231. The number of rotatable bonds is 3. The number of pyridine rings is 1. The van der Waals surface area contributed by atoms with Crippen molar-refractivity contribution in [2.24, 2.45) is 0 Å². The minimum Gasteiger partial charge on any atom is -0.481 e. The van der Waals surface area contributed by atoms with Crippen LogP contribution in [0, 0.1) is 0 Å². The van der Waals surface area contributed by atoms with E-state index in [1.807, 2.05) is 24.3 Å². The number of carbonyl (C=O) groups is 1. The Labute approximate surface area is 105 Å². The molecule has 5 nitrogen and oxygen atoms in total. The number of nitrogens with zero attached hydrogens (tertiary/aromatic N) is 2. The lowest BCUT2D eigenvalue weighted by molar-refractivity contribution is -0.0760. The molecule has 0 bridgehead atoms. The molecule has 0 saturated heterocycles. The van der Waals surface area contributed by atoms with E-state index < -0.39 is 0 Å². The molecule has 2 aromatic rings. The van der Waals surface area contributed by atoms with Gasteiger partial charge in [0.2, 0.25) is 5.88 Å². The summed E-state index contributed by atoms with van der Waals surface area (Å²) in [6, 6.07) is 9.32. The molecule has 0 radical (unpaired) electrons. The molecule has 94 valence electrons. The highest BCUT2D eigenvalue weighted by Crippen LogP contribution is 2.24. The standard InChI is InChI=1S/C13H14N2O3/c1-15(18-3)13(16)11-8-9-6-4-5-7-10(9)12(14-11)17-2/h4-8H,1-3H3. The Morgan fingerprint density at radius 2 is 2.00 bits per heavy atom. The fourth-order valence-corrected chi connectivity index (χ4v) is 1.68. The summed E-state index contributed by atoms with van der Waals surface area (Å²) in [5.74, 6) is 0.113. The van der Waals surface area contributed by atoms with Crippen LogP contribution in [-0.2, 0) is 4.84 Å². The zero-order chi connectivity index (χ0) is 13.1. The van der Waals surface area contributed by atoms with E-state index in [2.05, 4.69) is 4.98 Å². The predicted octanol–water partition coefficient (Wildman–Crippen LogP) is 1.88. The van der Waals surface area contributed by atoms with Crippen LogP contribution in [0.1, 0.15) is 10.5 Å². The summed E-state index contributed by atoms with van der Waals surface area (Å²) < 4.78 is 5.21. The average Bonchev–Trinajstić information content (AvgIpc) is 2.44. The number of fused-ring (bicyclic) bond motifs is 1. The number of benzene rings is 1. The Morgan fingerprint density at radius 1 is 1.28 bits per heavy atom. The SMILES string of the molecule is COc1nc(C(=O)N(C)OC)cc2ccccc12. The number of amides is 1. The van der Waals surface area contributed by atoms with Gasteiger partial charge in [-0.1, -0.05) is 18.2 Å². The van der Waals surface area contributed by atoms with Crippen LogP contribution in [0.25, 0.3) is 10.8 Å². The second-order valence-corrected chi connectivity index (χ2v) is 3.72. The van der Waals surface area contributed by atoms with E-state index in [-0.39, 0.29) is 11.6 Å². The molecule has 0 unspecified atom stereocenters. The molecule has 0 aliphatic carbocycles. The molecule has 0 atom stereocenters. The Bertz CT molecular complexity index is 583. The highest BCUT2D eigenvalue weighted by atomic mass is 16.7. The number of aromatic nitrogens is 1. The third kappa shape index (κ3) is 2.12. The van der Waals surface area contributed by atoms with Crippen LogP contribution in [0.15, 0.2) is 30.3 Å². The number of hydrogen-bond donors (Lipinski definition) is 0. The van der Waals surface area contributed by atoms with Gasteiger partial charge in [0.25, 0.3) is 5.91 Å². The van der Waals surface area contributed by atoms with Crippen LogP contribution in [0.4, 0.5) is 0 Å². The molecular weight excluding hydrogens is 232 g/mol. The number of hydroxylamine groups is 2. The van der Waals surface area contributed by atoms with E-state index in [9.17, 15) is 4.79 Å². The van der Waals surface area contributed by atoms with Crippen LogP contribution in [0.3, 0.4) is 0 Å². The van der Waals surface area contributed by atoms with Crippen molar-refractivity contribution in [3.05, 3.63) is 36.0 Å². The smallest absolute Gasteiger partial charge is 0.295 e. The molecule has 0 fully saturated rings. The van der Waals surface area contributed by atoms with E-state index in [0.717, 1.165) is 15.8 Å². The fourth-order valence-electron chi connectivity index (χ4n) is 1.68. The average molecular weight is 246 g/mol. The summed E-state index contributed by atoms with van der Waals surface area (Å²) in [6.45, 7) is 0. The third-order valence-electron chi connectivity index (χ3n) is 2.68. The van der Waals surface area contributed by atoms with Crippen molar-refractivity contribution in [3.63, 3.8) is 0 Å².